The van der Waals surface area contributed by atoms with Crippen LogP contribution >= 0.6 is 0 Å². The lowest BCUT2D eigenvalue weighted by atomic mass is 9.96. The summed E-state index contributed by atoms with van der Waals surface area (Å²) in [5.74, 6) is -0.350. The molecule has 0 aromatic heterocycles. The number of piperidine rings is 1. The molecule has 120 valence electrons. The zero-order valence-electron chi connectivity index (χ0n) is 13.6. The monoisotopic (exact) mass is 303 g/mol. The Hall–Kier alpha value is -2.04. The summed E-state index contributed by atoms with van der Waals surface area (Å²) in [6.45, 7) is 7.92. The molecule has 3 N–H and O–H groups in total. The second-order valence-corrected chi connectivity index (χ2v) is 6.20. The summed E-state index contributed by atoms with van der Waals surface area (Å²) in [7, 11) is 0. The van der Waals surface area contributed by atoms with Crippen molar-refractivity contribution in [3.8, 4) is 0 Å². The number of aryl methyl sites for hydroxylation is 3. The van der Waals surface area contributed by atoms with Crippen LogP contribution in [0, 0.1) is 26.7 Å². The lowest BCUT2D eigenvalue weighted by molar-refractivity contribution is -0.123. The third-order valence-electron chi connectivity index (χ3n) is 4.44. The molecule has 22 heavy (non-hydrogen) atoms. The summed E-state index contributed by atoms with van der Waals surface area (Å²) in [6, 6.07) is 4.20. The number of primary amides is 1. The first-order valence-corrected chi connectivity index (χ1v) is 7.77. The van der Waals surface area contributed by atoms with Crippen molar-refractivity contribution in [1.29, 1.82) is 0 Å². The maximum absolute atomic E-state index is 12.2. The van der Waals surface area contributed by atoms with Gasteiger partial charge in [-0.15, -0.1) is 0 Å². The molecule has 1 heterocycles. The lowest BCUT2D eigenvalue weighted by Gasteiger charge is -2.30. The zero-order valence-corrected chi connectivity index (χ0v) is 13.6. The molecule has 0 radical (unpaired) electrons. The number of benzene rings is 1. The molecule has 0 unspecified atom stereocenters. The van der Waals surface area contributed by atoms with Crippen molar-refractivity contribution < 1.29 is 9.59 Å². The number of nitrogens with two attached hydrogens (primary N) is 1. The van der Waals surface area contributed by atoms with E-state index < -0.39 is 0 Å². The summed E-state index contributed by atoms with van der Waals surface area (Å²) in [5.41, 5.74) is 10.1. The SMILES string of the molecule is Cc1cc(C)c(CNC(=O)N2CCC(C(N)=O)CC2)c(C)c1. The fourth-order valence-corrected chi connectivity index (χ4v) is 3.13. The summed E-state index contributed by atoms with van der Waals surface area (Å²) in [6.07, 6.45) is 1.32. The van der Waals surface area contributed by atoms with Crippen molar-refractivity contribution >= 4 is 11.9 Å². The Balaban J connectivity index is 1.90. The second kappa shape index (κ2) is 6.81. The Morgan fingerprint density at radius 3 is 2.23 bits per heavy atom. The molecule has 0 spiro atoms. The number of rotatable bonds is 3. The van der Waals surface area contributed by atoms with Gasteiger partial charge >= 0.3 is 6.03 Å². The smallest absolute Gasteiger partial charge is 0.317 e. The molecule has 1 aliphatic heterocycles. The molecule has 1 aromatic carbocycles. The van der Waals surface area contributed by atoms with E-state index in [1.165, 1.54) is 22.3 Å². The number of nitrogens with one attached hydrogen (secondary N) is 1. The molecule has 1 aliphatic rings. The largest absolute Gasteiger partial charge is 0.369 e. The quantitative estimate of drug-likeness (QED) is 0.896. The molecule has 0 bridgehead atoms. The van der Waals surface area contributed by atoms with Crippen LogP contribution in [0.4, 0.5) is 4.79 Å². The predicted octanol–water partition coefficient (Wildman–Crippen LogP) is 2.02. The minimum Gasteiger partial charge on any atom is -0.369 e. The van der Waals surface area contributed by atoms with Gasteiger partial charge in [-0.25, -0.2) is 4.79 Å². The minimum absolute atomic E-state index is 0.0673. The Bertz CT molecular complexity index is 552. The highest BCUT2D eigenvalue weighted by Gasteiger charge is 2.25. The Morgan fingerprint density at radius 1 is 1.18 bits per heavy atom. The number of amides is 3. The molecular weight excluding hydrogens is 278 g/mol. The Labute approximate surface area is 131 Å². The highest BCUT2D eigenvalue weighted by molar-refractivity contribution is 5.78. The molecule has 0 atom stereocenters. The van der Waals surface area contributed by atoms with Gasteiger partial charge in [-0.1, -0.05) is 17.7 Å². The maximum atomic E-state index is 12.2. The topological polar surface area (TPSA) is 75.4 Å². The highest BCUT2D eigenvalue weighted by Crippen LogP contribution is 2.18. The van der Waals surface area contributed by atoms with Crippen LogP contribution in [-0.4, -0.2) is 29.9 Å². The number of nitrogens with zero attached hydrogens (tertiary/aromatic N) is 1. The number of likely N-dealkylation sites (tertiary alicyclic amines) is 1. The van der Waals surface area contributed by atoms with E-state index in [2.05, 4.69) is 38.2 Å². The molecule has 1 saturated heterocycles. The summed E-state index contributed by atoms with van der Waals surface area (Å²) in [5, 5.41) is 2.98. The summed E-state index contributed by atoms with van der Waals surface area (Å²) in [4.78, 5) is 25.1. The van der Waals surface area contributed by atoms with Gasteiger partial charge in [0.2, 0.25) is 5.91 Å². The molecular formula is C17H25N3O2. The van der Waals surface area contributed by atoms with Crippen LogP contribution in [0.25, 0.3) is 0 Å². The van der Waals surface area contributed by atoms with Gasteiger partial charge in [0.05, 0.1) is 0 Å². The van der Waals surface area contributed by atoms with Gasteiger partial charge in [-0.05, 0) is 50.3 Å². The van der Waals surface area contributed by atoms with E-state index in [1.54, 1.807) is 4.90 Å². The van der Waals surface area contributed by atoms with Crippen LogP contribution in [0.3, 0.4) is 0 Å². The van der Waals surface area contributed by atoms with Crippen LogP contribution in [0.2, 0.25) is 0 Å². The van der Waals surface area contributed by atoms with Crippen LogP contribution in [-0.2, 0) is 11.3 Å². The van der Waals surface area contributed by atoms with Crippen LogP contribution < -0.4 is 11.1 Å². The van der Waals surface area contributed by atoms with Gasteiger partial charge in [-0.3, -0.25) is 4.79 Å². The highest BCUT2D eigenvalue weighted by atomic mass is 16.2. The number of carbonyl (C=O) groups excluding carboxylic acids is 2. The van der Waals surface area contributed by atoms with Crippen LogP contribution in [0.15, 0.2) is 12.1 Å². The van der Waals surface area contributed by atoms with E-state index in [4.69, 9.17) is 5.73 Å². The average Bonchev–Trinajstić information content (AvgIpc) is 2.46. The predicted molar refractivity (Wildman–Crippen MR) is 86.4 cm³/mol. The number of urea groups is 1. The summed E-state index contributed by atoms with van der Waals surface area (Å²) < 4.78 is 0. The van der Waals surface area contributed by atoms with Crippen molar-refractivity contribution in [1.82, 2.24) is 10.2 Å². The first-order valence-electron chi connectivity index (χ1n) is 7.77. The molecule has 5 heteroatoms. The Morgan fingerprint density at radius 2 is 1.73 bits per heavy atom. The first-order chi connectivity index (χ1) is 10.4. The fourth-order valence-electron chi connectivity index (χ4n) is 3.13. The second-order valence-electron chi connectivity index (χ2n) is 6.20. The third-order valence-corrected chi connectivity index (χ3v) is 4.44. The fraction of sp³-hybridized carbons (Fsp3) is 0.529. The van der Waals surface area contributed by atoms with Crippen molar-refractivity contribution in [3.05, 3.63) is 34.4 Å². The standard InChI is InChI=1S/C17H25N3O2/c1-11-8-12(2)15(13(3)9-11)10-19-17(22)20-6-4-14(5-7-20)16(18)21/h8-9,14H,4-7,10H2,1-3H3,(H2,18,21)(H,19,22). The van der Waals surface area contributed by atoms with Crippen molar-refractivity contribution in [2.75, 3.05) is 13.1 Å². The van der Waals surface area contributed by atoms with Gasteiger partial charge < -0.3 is 16.0 Å². The molecule has 0 saturated carbocycles. The van der Waals surface area contributed by atoms with Crippen LogP contribution in [0.5, 0.6) is 0 Å². The van der Waals surface area contributed by atoms with Gasteiger partial charge in [0, 0.05) is 25.6 Å². The third kappa shape index (κ3) is 3.78. The van der Waals surface area contributed by atoms with Crippen molar-refractivity contribution in [3.63, 3.8) is 0 Å². The van der Waals surface area contributed by atoms with E-state index in [0.29, 0.717) is 32.5 Å². The minimum atomic E-state index is -0.258. The molecule has 2 rings (SSSR count). The van der Waals surface area contributed by atoms with E-state index in [1.807, 2.05) is 0 Å². The average molecular weight is 303 g/mol. The molecule has 5 nitrogen and oxygen atoms in total. The molecule has 0 aliphatic carbocycles. The van der Waals surface area contributed by atoms with Gasteiger partial charge in [0.1, 0.15) is 0 Å². The van der Waals surface area contributed by atoms with Gasteiger partial charge in [-0.2, -0.15) is 0 Å². The van der Waals surface area contributed by atoms with Crippen molar-refractivity contribution in [2.24, 2.45) is 11.7 Å². The molecule has 1 aromatic rings. The van der Waals surface area contributed by atoms with Crippen molar-refractivity contribution in [2.45, 2.75) is 40.2 Å². The Kier molecular flexibility index (Phi) is 5.06. The van der Waals surface area contributed by atoms with E-state index >= 15 is 0 Å². The zero-order chi connectivity index (χ0) is 16.3. The lowest BCUT2D eigenvalue weighted by Crippen LogP contribution is -2.46. The summed E-state index contributed by atoms with van der Waals surface area (Å²) >= 11 is 0. The van der Waals surface area contributed by atoms with Crippen LogP contribution in [0.1, 0.15) is 35.1 Å². The normalized spacial score (nSPS) is 15.7. The van der Waals surface area contributed by atoms with E-state index in [-0.39, 0.29) is 17.9 Å². The van der Waals surface area contributed by atoms with Gasteiger partial charge in [0.25, 0.3) is 0 Å². The van der Waals surface area contributed by atoms with E-state index in [9.17, 15) is 9.59 Å². The number of hydrogen-bond acceptors (Lipinski definition) is 2. The molecule has 3 amide bonds. The molecule has 1 fully saturated rings. The van der Waals surface area contributed by atoms with Gasteiger partial charge in [0.15, 0.2) is 0 Å². The first kappa shape index (κ1) is 16.3. The van der Waals surface area contributed by atoms with E-state index in [0.717, 1.165) is 0 Å². The number of carbonyl (C=O) groups is 2. The number of hydrogen-bond donors (Lipinski definition) is 2. The maximum Gasteiger partial charge on any atom is 0.317 e.